The van der Waals surface area contributed by atoms with E-state index in [1.165, 1.54) is 51.9 Å². The Morgan fingerprint density at radius 2 is 1.82 bits per heavy atom. The van der Waals surface area contributed by atoms with Crippen molar-refractivity contribution in [2.45, 2.75) is 45.1 Å². The Hall–Kier alpha value is -0.120. The molecule has 3 heteroatoms. The van der Waals surface area contributed by atoms with Gasteiger partial charge in [-0.1, -0.05) is 13.8 Å². The average Bonchev–Trinajstić information content (AvgIpc) is 2.46. The quantitative estimate of drug-likeness (QED) is 0.793. The van der Waals surface area contributed by atoms with E-state index in [2.05, 4.69) is 30.7 Å². The van der Waals surface area contributed by atoms with Crippen molar-refractivity contribution in [3.63, 3.8) is 0 Å². The third-order valence-corrected chi connectivity index (χ3v) is 4.85. The minimum Gasteiger partial charge on any atom is -0.329 e. The third kappa shape index (κ3) is 2.83. The molecular weight excluding hydrogens is 210 g/mol. The van der Waals surface area contributed by atoms with Gasteiger partial charge in [0, 0.05) is 31.7 Å². The largest absolute Gasteiger partial charge is 0.329 e. The maximum atomic E-state index is 6.15. The monoisotopic (exact) mass is 239 g/mol. The lowest BCUT2D eigenvalue weighted by Crippen LogP contribution is -2.53. The molecule has 0 aromatic rings. The van der Waals surface area contributed by atoms with E-state index in [1.807, 2.05) is 0 Å². The molecule has 1 aliphatic carbocycles. The van der Waals surface area contributed by atoms with Gasteiger partial charge >= 0.3 is 0 Å². The molecule has 0 spiro atoms. The van der Waals surface area contributed by atoms with Crippen molar-refractivity contribution in [3.05, 3.63) is 0 Å². The molecule has 1 saturated heterocycles. The zero-order valence-electron chi connectivity index (χ0n) is 11.8. The van der Waals surface area contributed by atoms with E-state index in [1.54, 1.807) is 0 Å². The smallest absolute Gasteiger partial charge is 0.0337 e. The van der Waals surface area contributed by atoms with Crippen molar-refractivity contribution >= 4 is 0 Å². The fourth-order valence-electron chi connectivity index (χ4n) is 3.73. The van der Waals surface area contributed by atoms with Crippen LogP contribution in [0.15, 0.2) is 0 Å². The summed E-state index contributed by atoms with van der Waals surface area (Å²) in [6.45, 7) is 10.5. The van der Waals surface area contributed by atoms with Crippen LogP contribution in [0, 0.1) is 5.41 Å². The van der Waals surface area contributed by atoms with E-state index in [0.717, 1.165) is 6.54 Å². The second-order valence-electron chi connectivity index (χ2n) is 6.91. The SMILES string of the molecule is CN1CCCN(C2(CN)CCC(C)(C)C2)CC1. The summed E-state index contributed by atoms with van der Waals surface area (Å²) in [5.41, 5.74) is 6.94. The maximum Gasteiger partial charge on any atom is 0.0337 e. The van der Waals surface area contributed by atoms with Crippen LogP contribution in [-0.4, -0.2) is 55.1 Å². The predicted molar refractivity (Wildman–Crippen MR) is 73.1 cm³/mol. The summed E-state index contributed by atoms with van der Waals surface area (Å²) < 4.78 is 0. The van der Waals surface area contributed by atoms with Gasteiger partial charge in [0.25, 0.3) is 0 Å². The first-order valence-electron chi connectivity index (χ1n) is 7.11. The lowest BCUT2D eigenvalue weighted by Gasteiger charge is -2.41. The highest BCUT2D eigenvalue weighted by molar-refractivity contribution is 5.02. The molecule has 2 aliphatic rings. The van der Waals surface area contributed by atoms with Gasteiger partial charge in [0.2, 0.25) is 0 Å². The summed E-state index contributed by atoms with van der Waals surface area (Å²) >= 11 is 0. The van der Waals surface area contributed by atoms with Gasteiger partial charge in [0.1, 0.15) is 0 Å². The fraction of sp³-hybridized carbons (Fsp3) is 1.00. The Morgan fingerprint density at radius 1 is 1.06 bits per heavy atom. The Balaban J connectivity index is 2.07. The zero-order chi connectivity index (χ0) is 12.5. The minimum absolute atomic E-state index is 0.300. The molecule has 17 heavy (non-hydrogen) atoms. The highest BCUT2D eigenvalue weighted by Gasteiger charge is 2.45. The van der Waals surface area contributed by atoms with Crippen LogP contribution in [0.2, 0.25) is 0 Å². The number of nitrogens with zero attached hydrogens (tertiary/aromatic N) is 2. The Morgan fingerprint density at radius 3 is 2.41 bits per heavy atom. The van der Waals surface area contributed by atoms with E-state index >= 15 is 0 Å². The lowest BCUT2D eigenvalue weighted by molar-refractivity contribution is 0.0933. The summed E-state index contributed by atoms with van der Waals surface area (Å²) in [5.74, 6) is 0. The molecule has 1 atom stereocenters. The Kier molecular flexibility index (Phi) is 3.81. The molecule has 0 radical (unpaired) electrons. The van der Waals surface area contributed by atoms with Gasteiger partial charge in [-0.25, -0.2) is 0 Å². The van der Waals surface area contributed by atoms with Crippen LogP contribution in [0.1, 0.15) is 39.5 Å². The van der Waals surface area contributed by atoms with Crippen molar-refractivity contribution in [2.24, 2.45) is 11.1 Å². The van der Waals surface area contributed by atoms with Gasteiger partial charge in [0.15, 0.2) is 0 Å². The molecular formula is C14H29N3. The van der Waals surface area contributed by atoms with Crippen LogP contribution >= 0.6 is 0 Å². The molecule has 1 heterocycles. The number of likely N-dealkylation sites (N-methyl/N-ethyl adjacent to an activating group) is 1. The molecule has 2 N–H and O–H groups in total. The van der Waals surface area contributed by atoms with Crippen molar-refractivity contribution in [1.82, 2.24) is 9.80 Å². The van der Waals surface area contributed by atoms with Crippen molar-refractivity contribution in [2.75, 3.05) is 39.8 Å². The molecule has 0 bridgehead atoms. The number of hydrogen-bond donors (Lipinski definition) is 1. The molecule has 1 unspecified atom stereocenters. The molecule has 3 nitrogen and oxygen atoms in total. The molecule has 0 aromatic heterocycles. The van der Waals surface area contributed by atoms with Crippen LogP contribution < -0.4 is 5.73 Å². The average molecular weight is 239 g/mol. The van der Waals surface area contributed by atoms with Gasteiger partial charge in [-0.15, -0.1) is 0 Å². The Bertz CT molecular complexity index is 264. The molecule has 2 rings (SSSR count). The van der Waals surface area contributed by atoms with Crippen molar-refractivity contribution < 1.29 is 0 Å². The minimum atomic E-state index is 0.300. The van der Waals surface area contributed by atoms with Gasteiger partial charge in [-0.3, -0.25) is 4.90 Å². The molecule has 1 aliphatic heterocycles. The standard InChI is InChI=1S/C14H29N3/c1-13(2)5-6-14(11-13,12-15)17-8-4-7-16(3)9-10-17/h4-12,15H2,1-3H3. The predicted octanol–water partition coefficient (Wildman–Crippen LogP) is 1.53. The van der Waals surface area contributed by atoms with Gasteiger partial charge in [-0.05, 0) is 44.7 Å². The van der Waals surface area contributed by atoms with Crippen LogP contribution in [0.5, 0.6) is 0 Å². The molecule has 0 aromatic carbocycles. The lowest BCUT2D eigenvalue weighted by atomic mass is 9.86. The van der Waals surface area contributed by atoms with Gasteiger partial charge in [-0.2, -0.15) is 0 Å². The number of rotatable bonds is 2. The first kappa shape index (κ1) is 13.3. The van der Waals surface area contributed by atoms with Crippen molar-refractivity contribution in [1.29, 1.82) is 0 Å². The molecule has 0 amide bonds. The van der Waals surface area contributed by atoms with E-state index in [0.29, 0.717) is 11.0 Å². The van der Waals surface area contributed by atoms with Crippen LogP contribution in [0.25, 0.3) is 0 Å². The second kappa shape index (κ2) is 4.87. The summed E-state index contributed by atoms with van der Waals surface area (Å²) in [4.78, 5) is 5.15. The van der Waals surface area contributed by atoms with E-state index in [-0.39, 0.29) is 0 Å². The summed E-state index contributed by atoms with van der Waals surface area (Å²) in [6, 6.07) is 0. The van der Waals surface area contributed by atoms with Crippen LogP contribution in [0.4, 0.5) is 0 Å². The number of nitrogens with two attached hydrogens (primary N) is 1. The van der Waals surface area contributed by atoms with E-state index < -0.39 is 0 Å². The first-order chi connectivity index (χ1) is 7.97. The zero-order valence-corrected chi connectivity index (χ0v) is 11.8. The van der Waals surface area contributed by atoms with Gasteiger partial charge < -0.3 is 10.6 Å². The number of hydrogen-bond acceptors (Lipinski definition) is 3. The highest BCUT2D eigenvalue weighted by Crippen LogP contribution is 2.46. The topological polar surface area (TPSA) is 32.5 Å². The van der Waals surface area contributed by atoms with E-state index in [9.17, 15) is 0 Å². The summed E-state index contributed by atoms with van der Waals surface area (Å²) in [6.07, 6.45) is 5.19. The molecule has 2 fully saturated rings. The Labute approximate surface area is 106 Å². The van der Waals surface area contributed by atoms with Crippen LogP contribution in [-0.2, 0) is 0 Å². The highest BCUT2D eigenvalue weighted by atomic mass is 15.3. The van der Waals surface area contributed by atoms with Gasteiger partial charge in [0.05, 0.1) is 0 Å². The van der Waals surface area contributed by atoms with Crippen molar-refractivity contribution in [3.8, 4) is 0 Å². The van der Waals surface area contributed by atoms with Crippen LogP contribution in [0.3, 0.4) is 0 Å². The normalized spacial score (nSPS) is 36.0. The maximum absolute atomic E-state index is 6.15. The first-order valence-corrected chi connectivity index (χ1v) is 7.11. The summed E-state index contributed by atoms with van der Waals surface area (Å²) in [7, 11) is 2.23. The summed E-state index contributed by atoms with van der Waals surface area (Å²) in [5, 5.41) is 0. The second-order valence-corrected chi connectivity index (χ2v) is 6.91. The molecule has 100 valence electrons. The fourth-order valence-corrected chi connectivity index (χ4v) is 3.73. The third-order valence-electron chi connectivity index (χ3n) is 4.85. The van der Waals surface area contributed by atoms with E-state index in [4.69, 9.17) is 5.73 Å². The molecule has 1 saturated carbocycles.